The van der Waals surface area contributed by atoms with Crippen LogP contribution in [0.1, 0.15) is 45.6 Å². The van der Waals surface area contributed by atoms with E-state index in [4.69, 9.17) is 14.9 Å². The molecule has 0 spiro atoms. The Labute approximate surface area is 174 Å². The van der Waals surface area contributed by atoms with Gasteiger partial charge >= 0.3 is 12.4 Å². The first-order valence-electron chi connectivity index (χ1n) is 9.24. The summed E-state index contributed by atoms with van der Waals surface area (Å²) in [4.78, 5) is 3.75. The zero-order valence-corrected chi connectivity index (χ0v) is 17.2. The molecule has 0 aliphatic carbocycles. The molecule has 0 bridgehead atoms. The first kappa shape index (κ1) is 24.5. The molecule has 2 aromatic rings. The van der Waals surface area contributed by atoms with Gasteiger partial charge in [-0.15, -0.1) is 16.8 Å². The summed E-state index contributed by atoms with van der Waals surface area (Å²) in [6, 6.07) is 0.569. The minimum absolute atomic E-state index is 0.382. The second-order valence-electron chi connectivity index (χ2n) is 7.25. The lowest BCUT2D eigenvalue weighted by atomic mass is 9.77. The molecule has 2 aromatic heterocycles. The second kappa shape index (κ2) is 8.39. The van der Waals surface area contributed by atoms with E-state index in [0.717, 1.165) is 13.0 Å². The second-order valence-corrected chi connectivity index (χ2v) is 7.25. The highest BCUT2D eigenvalue weighted by atomic mass is 19.4. The van der Waals surface area contributed by atoms with Crippen molar-refractivity contribution in [1.29, 1.82) is 0 Å². The third kappa shape index (κ3) is 4.62. The maximum Gasteiger partial charge on any atom is 0.421 e. The van der Waals surface area contributed by atoms with E-state index in [2.05, 4.69) is 21.8 Å². The van der Waals surface area contributed by atoms with Gasteiger partial charge in [0, 0.05) is 0 Å². The summed E-state index contributed by atoms with van der Waals surface area (Å²) in [7, 11) is 0. The van der Waals surface area contributed by atoms with Gasteiger partial charge in [-0.2, -0.15) is 26.3 Å². The van der Waals surface area contributed by atoms with Gasteiger partial charge in [0.25, 0.3) is 5.89 Å². The normalized spacial score (nSPS) is 16.5. The summed E-state index contributed by atoms with van der Waals surface area (Å²) in [5.74, 6) is -3.30. The Hall–Kier alpha value is -2.79. The fourth-order valence-corrected chi connectivity index (χ4v) is 2.59. The average molecular weight is 452 g/mol. The van der Waals surface area contributed by atoms with Crippen LogP contribution in [0.5, 0.6) is 5.88 Å². The lowest BCUT2D eigenvalue weighted by Crippen LogP contribution is -2.44. The number of pyridine rings is 1. The molecule has 0 aromatic carbocycles. The molecular weight excluding hydrogens is 430 g/mol. The van der Waals surface area contributed by atoms with Crippen LogP contribution in [-0.2, 0) is 11.6 Å². The van der Waals surface area contributed by atoms with Crippen molar-refractivity contribution in [3.05, 3.63) is 30.2 Å². The van der Waals surface area contributed by atoms with Gasteiger partial charge in [0.1, 0.15) is 11.0 Å². The molecular formula is C19H22F6N4O2. The van der Waals surface area contributed by atoms with Crippen LogP contribution in [0.3, 0.4) is 0 Å². The molecule has 0 saturated carbocycles. The van der Waals surface area contributed by atoms with Crippen LogP contribution in [0.15, 0.2) is 23.1 Å². The number of hydrogen-bond acceptors (Lipinski definition) is 6. The Kier molecular flexibility index (Phi) is 6.62. The third-order valence-electron chi connectivity index (χ3n) is 5.14. The topological polar surface area (TPSA) is 87.1 Å². The molecule has 172 valence electrons. The summed E-state index contributed by atoms with van der Waals surface area (Å²) < 4.78 is 91.9. The number of nitrogens with zero attached hydrogens (tertiary/aromatic N) is 3. The van der Waals surface area contributed by atoms with Gasteiger partial charge in [0.05, 0.1) is 11.8 Å². The van der Waals surface area contributed by atoms with Crippen molar-refractivity contribution in [2.75, 3.05) is 5.73 Å². The van der Waals surface area contributed by atoms with Crippen molar-refractivity contribution in [2.45, 2.75) is 58.0 Å². The number of anilines is 1. The summed E-state index contributed by atoms with van der Waals surface area (Å²) in [6.45, 7) is 8.74. The van der Waals surface area contributed by atoms with Crippen molar-refractivity contribution < 1.29 is 35.5 Å². The average Bonchev–Trinajstić information content (AvgIpc) is 3.15. The molecule has 31 heavy (non-hydrogen) atoms. The lowest BCUT2D eigenvalue weighted by Gasteiger charge is -2.32. The van der Waals surface area contributed by atoms with Crippen LogP contribution in [0.4, 0.5) is 32.0 Å². The van der Waals surface area contributed by atoms with Gasteiger partial charge in [-0.3, -0.25) is 0 Å². The molecule has 0 aliphatic heterocycles. The van der Waals surface area contributed by atoms with E-state index in [-0.39, 0.29) is 0 Å². The minimum Gasteiger partial charge on any atom is -0.474 e. The van der Waals surface area contributed by atoms with Gasteiger partial charge in [-0.25, -0.2) is 4.98 Å². The number of rotatable bonds is 7. The van der Waals surface area contributed by atoms with Gasteiger partial charge < -0.3 is 14.9 Å². The Morgan fingerprint density at radius 2 is 1.81 bits per heavy atom. The summed E-state index contributed by atoms with van der Waals surface area (Å²) in [6.07, 6.45) is -8.76. The fraction of sp³-hybridized carbons (Fsp3) is 0.526. The standard InChI is InChI=1S/C19H22F6N4O2/c1-6-9(3)17(5,19(23,24)25)16-29-28-15(31-16)13-12(26)8-11(18(20,21)22)14(27-13)30-10(4)7-2/h6,8-10H,1,7,26H2,2-5H3/t9?,10-,17?/m1/s1. The van der Waals surface area contributed by atoms with Crippen LogP contribution in [0.2, 0.25) is 0 Å². The number of nitrogen functional groups attached to an aromatic ring is 1. The molecule has 2 heterocycles. The van der Waals surface area contributed by atoms with E-state index in [1.165, 1.54) is 13.8 Å². The molecule has 2 unspecified atom stereocenters. The SMILES string of the molecule is C=CC(C)C(C)(c1nnc(-c2nc(O[C@H](C)CC)c(C(F)(F)F)cc2N)o1)C(F)(F)F. The molecule has 6 nitrogen and oxygen atoms in total. The molecule has 0 radical (unpaired) electrons. The fourth-order valence-electron chi connectivity index (χ4n) is 2.59. The number of halogens is 6. The largest absolute Gasteiger partial charge is 0.474 e. The summed E-state index contributed by atoms with van der Waals surface area (Å²) in [5.41, 5.74) is 0.948. The van der Waals surface area contributed by atoms with Crippen molar-refractivity contribution in [2.24, 2.45) is 5.92 Å². The highest BCUT2D eigenvalue weighted by molar-refractivity contribution is 5.68. The molecule has 0 aliphatic rings. The van der Waals surface area contributed by atoms with E-state index >= 15 is 0 Å². The zero-order chi connectivity index (χ0) is 23.8. The van der Waals surface area contributed by atoms with E-state index < -0.39 is 64.4 Å². The quantitative estimate of drug-likeness (QED) is 0.438. The van der Waals surface area contributed by atoms with E-state index in [1.54, 1.807) is 6.92 Å². The number of allylic oxidation sites excluding steroid dienone is 1. The van der Waals surface area contributed by atoms with Crippen LogP contribution >= 0.6 is 0 Å². The number of nitrogens with two attached hydrogens (primary N) is 1. The van der Waals surface area contributed by atoms with Gasteiger partial charge in [-0.05, 0) is 32.3 Å². The Bertz CT molecular complexity index is 940. The highest BCUT2D eigenvalue weighted by Crippen LogP contribution is 2.47. The van der Waals surface area contributed by atoms with E-state index in [9.17, 15) is 26.3 Å². The van der Waals surface area contributed by atoms with E-state index in [0.29, 0.717) is 12.5 Å². The first-order chi connectivity index (χ1) is 14.2. The van der Waals surface area contributed by atoms with Gasteiger partial charge in [-0.1, -0.05) is 19.9 Å². The molecule has 0 saturated heterocycles. The van der Waals surface area contributed by atoms with Crippen LogP contribution in [-0.4, -0.2) is 27.5 Å². The molecule has 0 fully saturated rings. The molecule has 3 atom stereocenters. The Morgan fingerprint density at radius 3 is 2.29 bits per heavy atom. The monoisotopic (exact) mass is 452 g/mol. The number of ether oxygens (including phenoxy) is 1. The Morgan fingerprint density at radius 1 is 1.19 bits per heavy atom. The van der Waals surface area contributed by atoms with Crippen molar-refractivity contribution in [3.8, 4) is 17.5 Å². The maximum atomic E-state index is 13.8. The summed E-state index contributed by atoms with van der Waals surface area (Å²) >= 11 is 0. The van der Waals surface area contributed by atoms with Gasteiger partial charge in [0.2, 0.25) is 11.8 Å². The van der Waals surface area contributed by atoms with Crippen molar-refractivity contribution in [3.63, 3.8) is 0 Å². The van der Waals surface area contributed by atoms with Crippen LogP contribution < -0.4 is 10.5 Å². The van der Waals surface area contributed by atoms with Crippen LogP contribution in [0.25, 0.3) is 11.6 Å². The highest BCUT2D eigenvalue weighted by Gasteiger charge is 2.58. The Balaban J connectivity index is 2.64. The van der Waals surface area contributed by atoms with Gasteiger partial charge in [0.15, 0.2) is 5.69 Å². The number of aromatic nitrogens is 3. The number of alkyl halides is 6. The third-order valence-corrected chi connectivity index (χ3v) is 5.14. The van der Waals surface area contributed by atoms with Crippen LogP contribution in [0, 0.1) is 5.92 Å². The van der Waals surface area contributed by atoms with E-state index in [1.807, 2.05) is 0 Å². The molecule has 0 amide bonds. The predicted molar refractivity (Wildman–Crippen MR) is 100 cm³/mol. The maximum absolute atomic E-state index is 13.8. The van der Waals surface area contributed by atoms with Crippen molar-refractivity contribution >= 4 is 5.69 Å². The molecule has 2 N–H and O–H groups in total. The molecule has 12 heteroatoms. The first-order valence-corrected chi connectivity index (χ1v) is 9.24. The minimum atomic E-state index is -4.82. The summed E-state index contributed by atoms with van der Waals surface area (Å²) in [5, 5.41) is 7.02. The zero-order valence-electron chi connectivity index (χ0n) is 17.2. The molecule has 2 rings (SSSR count). The predicted octanol–water partition coefficient (Wildman–Crippen LogP) is 5.55. The number of hydrogen-bond donors (Lipinski definition) is 1. The lowest BCUT2D eigenvalue weighted by molar-refractivity contribution is -0.201. The van der Waals surface area contributed by atoms with Crippen molar-refractivity contribution in [1.82, 2.24) is 15.2 Å². The smallest absolute Gasteiger partial charge is 0.421 e.